The number of aliphatic hydroxyl groups is 1. The molecule has 1 rings (SSSR count). The summed E-state index contributed by atoms with van der Waals surface area (Å²) in [7, 11) is 0. The van der Waals surface area contributed by atoms with E-state index in [1.165, 1.54) is 0 Å². The van der Waals surface area contributed by atoms with E-state index in [1.807, 2.05) is 0 Å². The molecule has 1 atom stereocenters. The van der Waals surface area contributed by atoms with Crippen molar-refractivity contribution in [3.8, 4) is 0 Å². The molecule has 5 nitrogen and oxygen atoms in total. The Hall–Kier alpha value is -0.590. The van der Waals surface area contributed by atoms with E-state index in [2.05, 4.69) is 17.1 Å². The second-order valence-electron chi connectivity index (χ2n) is 2.89. The molecule has 0 aliphatic heterocycles. The maximum atomic E-state index is 8.75. The Bertz CT molecular complexity index is 267. The van der Waals surface area contributed by atoms with Gasteiger partial charge in [0.05, 0.1) is 12.4 Å². The normalized spacial score (nSPS) is 13.1. The zero-order valence-electron chi connectivity index (χ0n) is 8.14. The van der Waals surface area contributed by atoms with Gasteiger partial charge in [0.25, 0.3) is 0 Å². The molecule has 1 aromatic rings. The second kappa shape index (κ2) is 6.00. The number of thioether (sulfide) groups is 1. The molecule has 0 bridgehead atoms. The Morgan fingerprint density at radius 3 is 3.07 bits per heavy atom. The standard InChI is InChI=1S/C8H15N3O2S/c1-2-3-14-5-7-10-8(13-11-7)6(9)4-12/h6,12H,2-5,9H2,1H3. The van der Waals surface area contributed by atoms with Gasteiger partial charge in [0.15, 0.2) is 5.82 Å². The summed E-state index contributed by atoms with van der Waals surface area (Å²) in [5, 5.41) is 12.5. The third-order valence-electron chi connectivity index (χ3n) is 1.58. The van der Waals surface area contributed by atoms with Crippen LogP contribution in [0.4, 0.5) is 0 Å². The van der Waals surface area contributed by atoms with Crippen molar-refractivity contribution < 1.29 is 9.63 Å². The van der Waals surface area contributed by atoms with Gasteiger partial charge >= 0.3 is 0 Å². The Morgan fingerprint density at radius 2 is 2.43 bits per heavy atom. The van der Waals surface area contributed by atoms with Crippen LogP contribution in [-0.4, -0.2) is 27.6 Å². The lowest BCUT2D eigenvalue weighted by atomic mass is 10.3. The third-order valence-corrected chi connectivity index (χ3v) is 2.74. The van der Waals surface area contributed by atoms with Crippen LogP contribution < -0.4 is 5.73 Å². The first-order valence-corrected chi connectivity index (χ1v) is 5.70. The molecule has 0 aliphatic rings. The molecule has 3 N–H and O–H groups in total. The maximum absolute atomic E-state index is 8.75. The lowest BCUT2D eigenvalue weighted by molar-refractivity contribution is 0.236. The number of nitrogens with zero attached hydrogens (tertiary/aromatic N) is 2. The Kier molecular flexibility index (Phi) is 4.92. The van der Waals surface area contributed by atoms with E-state index in [0.717, 1.165) is 17.9 Å². The van der Waals surface area contributed by atoms with Crippen LogP contribution in [-0.2, 0) is 5.75 Å². The van der Waals surface area contributed by atoms with Crippen molar-refractivity contribution in [3.63, 3.8) is 0 Å². The molecule has 1 heterocycles. The van der Waals surface area contributed by atoms with Gasteiger partial charge in [-0.15, -0.1) is 0 Å². The fourth-order valence-electron chi connectivity index (χ4n) is 0.863. The Balaban J connectivity index is 2.42. The summed E-state index contributed by atoms with van der Waals surface area (Å²) in [5.74, 6) is 2.76. The topological polar surface area (TPSA) is 85.2 Å². The van der Waals surface area contributed by atoms with E-state index in [9.17, 15) is 0 Å². The van der Waals surface area contributed by atoms with Gasteiger partial charge in [0.2, 0.25) is 5.89 Å². The minimum Gasteiger partial charge on any atom is -0.394 e. The Labute approximate surface area is 87.1 Å². The Morgan fingerprint density at radius 1 is 1.64 bits per heavy atom. The van der Waals surface area contributed by atoms with Crippen LogP contribution >= 0.6 is 11.8 Å². The van der Waals surface area contributed by atoms with Gasteiger partial charge < -0.3 is 15.4 Å². The monoisotopic (exact) mass is 217 g/mol. The van der Waals surface area contributed by atoms with Crippen LogP contribution in [0, 0.1) is 0 Å². The number of nitrogens with two attached hydrogens (primary N) is 1. The van der Waals surface area contributed by atoms with E-state index in [0.29, 0.717) is 11.7 Å². The quantitative estimate of drug-likeness (QED) is 0.682. The fraction of sp³-hybridized carbons (Fsp3) is 0.750. The van der Waals surface area contributed by atoms with Crippen LogP contribution in [0.2, 0.25) is 0 Å². The summed E-state index contributed by atoms with van der Waals surface area (Å²) in [6.45, 7) is 1.94. The predicted molar refractivity (Wildman–Crippen MR) is 54.8 cm³/mol. The van der Waals surface area contributed by atoms with Crippen molar-refractivity contribution in [2.75, 3.05) is 12.4 Å². The summed E-state index contributed by atoms with van der Waals surface area (Å²) in [6, 6.07) is -0.563. The highest BCUT2D eigenvalue weighted by Crippen LogP contribution is 2.12. The molecule has 14 heavy (non-hydrogen) atoms. The highest BCUT2D eigenvalue weighted by atomic mass is 32.2. The molecule has 0 saturated heterocycles. The molecule has 0 fully saturated rings. The second-order valence-corrected chi connectivity index (χ2v) is 4.00. The van der Waals surface area contributed by atoms with Gasteiger partial charge in [-0.05, 0) is 12.2 Å². The van der Waals surface area contributed by atoms with Crippen molar-refractivity contribution in [3.05, 3.63) is 11.7 Å². The molecule has 0 amide bonds. The number of hydrogen-bond donors (Lipinski definition) is 2. The summed E-state index contributed by atoms with van der Waals surface area (Å²) < 4.78 is 4.89. The van der Waals surface area contributed by atoms with Crippen molar-refractivity contribution in [2.24, 2.45) is 5.73 Å². The van der Waals surface area contributed by atoms with Gasteiger partial charge in [-0.25, -0.2) is 0 Å². The molecule has 80 valence electrons. The van der Waals surface area contributed by atoms with E-state index in [1.54, 1.807) is 11.8 Å². The minimum atomic E-state index is -0.563. The lowest BCUT2D eigenvalue weighted by Gasteiger charge is -1.98. The number of hydrogen-bond acceptors (Lipinski definition) is 6. The summed E-state index contributed by atoms with van der Waals surface area (Å²) >= 11 is 1.75. The zero-order chi connectivity index (χ0) is 10.4. The van der Waals surface area contributed by atoms with Crippen LogP contribution in [0.15, 0.2) is 4.52 Å². The maximum Gasteiger partial charge on any atom is 0.245 e. The van der Waals surface area contributed by atoms with Gasteiger partial charge in [-0.3, -0.25) is 0 Å². The van der Waals surface area contributed by atoms with Crippen molar-refractivity contribution in [2.45, 2.75) is 25.1 Å². The highest BCUT2D eigenvalue weighted by molar-refractivity contribution is 7.98. The van der Waals surface area contributed by atoms with E-state index in [4.69, 9.17) is 15.4 Å². The molecular weight excluding hydrogens is 202 g/mol. The fourth-order valence-corrected chi connectivity index (χ4v) is 1.60. The molecule has 6 heteroatoms. The van der Waals surface area contributed by atoms with Crippen LogP contribution in [0.3, 0.4) is 0 Å². The lowest BCUT2D eigenvalue weighted by Crippen LogP contribution is -2.14. The number of aromatic nitrogens is 2. The van der Waals surface area contributed by atoms with Gasteiger partial charge in [-0.2, -0.15) is 16.7 Å². The van der Waals surface area contributed by atoms with Gasteiger partial charge in [0.1, 0.15) is 6.04 Å². The van der Waals surface area contributed by atoms with Crippen LogP contribution in [0.25, 0.3) is 0 Å². The molecule has 0 aliphatic carbocycles. The molecule has 1 unspecified atom stereocenters. The molecular formula is C8H15N3O2S. The highest BCUT2D eigenvalue weighted by Gasteiger charge is 2.13. The summed E-state index contributed by atoms with van der Waals surface area (Å²) in [6.07, 6.45) is 1.13. The van der Waals surface area contributed by atoms with E-state index >= 15 is 0 Å². The first-order chi connectivity index (χ1) is 6.77. The van der Waals surface area contributed by atoms with Crippen LogP contribution in [0.1, 0.15) is 31.1 Å². The van der Waals surface area contributed by atoms with Gasteiger partial charge in [-0.1, -0.05) is 12.1 Å². The van der Waals surface area contributed by atoms with Crippen LogP contribution in [0.5, 0.6) is 0 Å². The summed E-state index contributed by atoms with van der Waals surface area (Å²) in [5.41, 5.74) is 5.51. The predicted octanol–water partition coefficient (Wildman–Crippen LogP) is 0.705. The van der Waals surface area contributed by atoms with E-state index in [-0.39, 0.29) is 6.61 Å². The first-order valence-electron chi connectivity index (χ1n) is 4.54. The molecule has 0 radical (unpaired) electrons. The van der Waals surface area contributed by atoms with Crippen molar-refractivity contribution in [1.29, 1.82) is 0 Å². The van der Waals surface area contributed by atoms with E-state index < -0.39 is 6.04 Å². The minimum absolute atomic E-state index is 0.177. The molecule has 0 saturated carbocycles. The third kappa shape index (κ3) is 3.28. The zero-order valence-corrected chi connectivity index (χ0v) is 8.96. The SMILES string of the molecule is CCCSCc1noc(C(N)CO)n1. The van der Waals surface area contributed by atoms with Crippen molar-refractivity contribution >= 4 is 11.8 Å². The molecule has 1 aromatic heterocycles. The van der Waals surface area contributed by atoms with Crippen molar-refractivity contribution in [1.82, 2.24) is 10.1 Å². The first kappa shape index (κ1) is 11.5. The largest absolute Gasteiger partial charge is 0.394 e. The summed E-state index contributed by atoms with van der Waals surface area (Å²) in [4.78, 5) is 4.07. The average Bonchev–Trinajstić information content (AvgIpc) is 2.66. The smallest absolute Gasteiger partial charge is 0.245 e. The number of rotatable bonds is 6. The molecule has 0 aromatic carbocycles. The van der Waals surface area contributed by atoms with Gasteiger partial charge in [0, 0.05) is 0 Å². The molecule has 0 spiro atoms. The average molecular weight is 217 g/mol. The number of aliphatic hydroxyl groups excluding tert-OH is 1.